The number of aromatic nitrogens is 2. The summed E-state index contributed by atoms with van der Waals surface area (Å²) in [5, 5.41) is 14.8. The minimum absolute atomic E-state index is 0.359. The van der Waals surface area contributed by atoms with Crippen LogP contribution in [0.25, 0.3) is 0 Å². The van der Waals surface area contributed by atoms with Gasteiger partial charge in [0.2, 0.25) is 5.89 Å². The Bertz CT molecular complexity index is 586. The second-order valence-corrected chi connectivity index (χ2v) is 5.22. The molecule has 0 amide bonds. The van der Waals surface area contributed by atoms with Crippen LogP contribution >= 0.6 is 11.6 Å². The van der Waals surface area contributed by atoms with Gasteiger partial charge in [-0.15, -0.1) is 5.10 Å². The van der Waals surface area contributed by atoms with Gasteiger partial charge in [0.1, 0.15) is 5.75 Å². The van der Waals surface area contributed by atoms with Crippen molar-refractivity contribution in [2.45, 2.75) is 33.0 Å². The molecule has 114 valence electrons. The Hall–Kier alpha value is -1.79. The smallest absolute Gasteiger partial charge is 0.315 e. The van der Waals surface area contributed by atoms with Crippen LogP contribution in [0.4, 0.5) is 6.01 Å². The van der Waals surface area contributed by atoms with Crippen molar-refractivity contribution in [2.24, 2.45) is 0 Å². The van der Waals surface area contributed by atoms with Gasteiger partial charge in [-0.3, -0.25) is 0 Å². The molecular weight excluding hydrogens is 292 g/mol. The van der Waals surface area contributed by atoms with Crippen molar-refractivity contribution in [3.8, 4) is 5.75 Å². The fourth-order valence-electron chi connectivity index (χ4n) is 1.75. The fourth-order valence-corrected chi connectivity index (χ4v) is 1.99. The molecule has 6 nitrogen and oxygen atoms in total. The zero-order chi connectivity index (χ0) is 15.2. The van der Waals surface area contributed by atoms with Crippen LogP contribution in [-0.2, 0) is 13.1 Å². The second kappa shape index (κ2) is 7.28. The summed E-state index contributed by atoms with van der Waals surface area (Å²) in [6.45, 7) is 5.10. The zero-order valence-electron chi connectivity index (χ0n) is 12.3. The van der Waals surface area contributed by atoms with Crippen molar-refractivity contribution in [3.63, 3.8) is 0 Å². The Morgan fingerprint density at radius 2 is 2.10 bits per heavy atom. The number of ether oxygens (including phenoxy) is 1. The first-order valence-corrected chi connectivity index (χ1v) is 7.09. The molecule has 0 radical (unpaired) electrons. The monoisotopic (exact) mass is 310 g/mol. The third-order valence-corrected chi connectivity index (χ3v) is 3.19. The van der Waals surface area contributed by atoms with Gasteiger partial charge in [0.25, 0.3) is 0 Å². The van der Waals surface area contributed by atoms with Gasteiger partial charge in [-0.25, -0.2) is 0 Å². The predicted molar refractivity (Wildman–Crippen MR) is 81.6 cm³/mol. The van der Waals surface area contributed by atoms with E-state index in [9.17, 15) is 0 Å². The molecule has 0 spiro atoms. The lowest BCUT2D eigenvalue weighted by molar-refractivity contribution is 0.410. The maximum atomic E-state index is 6.17. The van der Waals surface area contributed by atoms with E-state index in [1.54, 1.807) is 7.11 Å². The van der Waals surface area contributed by atoms with E-state index in [1.807, 2.05) is 18.2 Å². The SMILES string of the molecule is COc1cccc(Cl)c1CNc1nnc(CNC(C)C)o1. The molecule has 0 saturated heterocycles. The zero-order valence-corrected chi connectivity index (χ0v) is 13.1. The summed E-state index contributed by atoms with van der Waals surface area (Å²) in [5.41, 5.74) is 0.849. The van der Waals surface area contributed by atoms with Crippen LogP contribution in [0.15, 0.2) is 22.6 Å². The number of methoxy groups -OCH3 is 1. The van der Waals surface area contributed by atoms with Crippen molar-refractivity contribution >= 4 is 17.6 Å². The lowest BCUT2D eigenvalue weighted by Gasteiger charge is -2.10. The summed E-state index contributed by atoms with van der Waals surface area (Å²) in [7, 11) is 1.61. The third-order valence-electron chi connectivity index (χ3n) is 2.84. The first-order chi connectivity index (χ1) is 10.1. The van der Waals surface area contributed by atoms with E-state index in [0.29, 0.717) is 36.1 Å². The Morgan fingerprint density at radius 3 is 2.81 bits per heavy atom. The molecule has 2 rings (SSSR count). The molecule has 0 unspecified atom stereocenters. The van der Waals surface area contributed by atoms with Crippen molar-refractivity contribution in [1.82, 2.24) is 15.5 Å². The Morgan fingerprint density at radius 1 is 1.29 bits per heavy atom. The van der Waals surface area contributed by atoms with Gasteiger partial charge in [0.15, 0.2) is 0 Å². The molecule has 7 heteroatoms. The molecule has 0 bridgehead atoms. The van der Waals surface area contributed by atoms with E-state index < -0.39 is 0 Å². The van der Waals surface area contributed by atoms with Crippen molar-refractivity contribution in [1.29, 1.82) is 0 Å². The van der Waals surface area contributed by atoms with Gasteiger partial charge >= 0.3 is 6.01 Å². The Kier molecular flexibility index (Phi) is 5.41. The molecule has 2 aromatic rings. The molecule has 0 aliphatic rings. The lowest BCUT2D eigenvalue weighted by Crippen LogP contribution is -2.21. The number of hydrogen-bond acceptors (Lipinski definition) is 6. The number of benzene rings is 1. The van der Waals surface area contributed by atoms with E-state index in [1.165, 1.54) is 0 Å². The first-order valence-electron chi connectivity index (χ1n) is 6.71. The van der Waals surface area contributed by atoms with Crippen LogP contribution in [-0.4, -0.2) is 23.3 Å². The fraction of sp³-hybridized carbons (Fsp3) is 0.429. The van der Waals surface area contributed by atoms with Crippen molar-refractivity contribution < 1.29 is 9.15 Å². The van der Waals surface area contributed by atoms with Crippen LogP contribution in [0.1, 0.15) is 25.3 Å². The molecule has 0 fully saturated rings. The first kappa shape index (κ1) is 15.6. The molecule has 0 aliphatic carbocycles. The summed E-state index contributed by atoms with van der Waals surface area (Å²) in [6.07, 6.45) is 0. The van der Waals surface area contributed by atoms with Gasteiger partial charge in [-0.1, -0.05) is 36.6 Å². The minimum atomic E-state index is 0.359. The van der Waals surface area contributed by atoms with Crippen LogP contribution in [0.3, 0.4) is 0 Å². The summed E-state index contributed by atoms with van der Waals surface area (Å²) in [6, 6.07) is 6.23. The third kappa shape index (κ3) is 4.34. The molecule has 2 N–H and O–H groups in total. The number of nitrogens with zero attached hydrogens (tertiary/aromatic N) is 2. The average molecular weight is 311 g/mol. The maximum absolute atomic E-state index is 6.17. The molecule has 1 aromatic carbocycles. The van der Waals surface area contributed by atoms with E-state index >= 15 is 0 Å². The molecule has 0 saturated carbocycles. The molecule has 0 aliphatic heterocycles. The van der Waals surface area contributed by atoms with Crippen molar-refractivity contribution in [3.05, 3.63) is 34.7 Å². The summed E-state index contributed by atoms with van der Waals surface area (Å²) in [5.74, 6) is 1.26. The lowest BCUT2D eigenvalue weighted by atomic mass is 10.2. The predicted octanol–water partition coefficient (Wildman–Crippen LogP) is 2.84. The number of rotatable bonds is 7. The van der Waals surface area contributed by atoms with Gasteiger partial charge in [0.05, 0.1) is 13.7 Å². The van der Waals surface area contributed by atoms with Crippen LogP contribution in [0.5, 0.6) is 5.75 Å². The highest BCUT2D eigenvalue weighted by molar-refractivity contribution is 6.31. The van der Waals surface area contributed by atoms with Gasteiger partial charge in [0, 0.05) is 23.2 Å². The highest BCUT2D eigenvalue weighted by Gasteiger charge is 2.10. The average Bonchev–Trinajstić information content (AvgIpc) is 2.91. The van der Waals surface area contributed by atoms with Crippen LogP contribution in [0.2, 0.25) is 5.02 Å². The second-order valence-electron chi connectivity index (χ2n) is 4.81. The van der Waals surface area contributed by atoms with Gasteiger partial charge in [-0.2, -0.15) is 0 Å². The Balaban J connectivity index is 1.97. The van der Waals surface area contributed by atoms with Gasteiger partial charge in [-0.05, 0) is 12.1 Å². The summed E-state index contributed by atoms with van der Waals surface area (Å²) in [4.78, 5) is 0. The topological polar surface area (TPSA) is 72.2 Å². The molecule has 1 aromatic heterocycles. The van der Waals surface area contributed by atoms with Crippen LogP contribution < -0.4 is 15.4 Å². The van der Waals surface area contributed by atoms with Crippen LogP contribution in [0, 0.1) is 0 Å². The molecule has 21 heavy (non-hydrogen) atoms. The van der Waals surface area contributed by atoms with E-state index in [-0.39, 0.29) is 0 Å². The normalized spacial score (nSPS) is 10.9. The summed E-state index contributed by atoms with van der Waals surface area (Å²) < 4.78 is 10.8. The van der Waals surface area contributed by atoms with Crippen molar-refractivity contribution in [2.75, 3.05) is 12.4 Å². The standard InChI is InChI=1S/C14H19ClN4O2/c1-9(2)16-8-13-18-19-14(21-13)17-7-10-11(15)5-4-6-12(10)20-3/h4-6,9,16H,7-8H2,1-3H3,(H,17,19). The van der Waals surface area contributed by atoms with E-state index in [2.05, 4.69) is 34.7 Å². The molecular formula is C14H19ClN4O2. The Labute approximate surface area is 128 Å². The number of hydrogen-bond donors (Lipinski definition) is 2. The number of halogens is 1. The number of anilines is 1. The largest absolute Gasteiger partial charge is 0.496 e. The highest BCUT2D eigenvalue weighted by Crippen LogP contribution is 2.26. The quantitative estimate of drug-likeness (QED) is 0.819. The number of nitrogens with one attached hydrogen (secondary N) is 2. The van der Waals surface area contributed by atoms with E-state index in [4.69, 9.17) is 20.8 Å². The van der Waals surface area contributed by atoms with Gasteiger partial charge < -0.3 is 19.8 Å². The summed E-state index contributed by atoms with van der Waals surface area (Å²) >= 11 is 6.17. The molecule has 1 heterocycles. The minimum Gasteiger partial charge on any atom is -0.496 e. The highest BCUT2D eigenvalue weighted by atomic mass is 35.5. The van der Waals surface area contributed by atoms with E-state index in [0.717, 1.165) is 11.3 Å². The maximum Gasteiger partial charge on any atom is 0.315 e. The molecule has 0 atom stereocenters.